The van der Waals surface area contributed by atoms with Gasteiger partial charge in [0.05, 0.1) is 18.4 Å². The van der Waals surface area contributed by atoms with Crippen molar-refractivity contribution in [3.8, 4) is 0 Å². The molecule has 120 valence electrons. The molecule has 1 aromatic rings. The van der Waals surface area contributed by atoms with Gasteiger partial charge in [-0.25, -0.2) is 0 Å². The van der Waals surface area contributed by atoms with Crippen LogP contribution >= 0.6 is 0 Å². The molecule has 3 rings (SSSR count). The third kappa shape index (κ3) is 2.88. The van der Waals surface area contributed by atoms with Gasteiger partial charge in [0, 0.05) is 45.1 Å². The quantitative estimate of drug-likeness (QED) is 0.843. The zero-order valence-electron chi connectivity index (χ0n) is 12.9. The molecule has 0 radical (unpaired) electrons. The Kier molecular flexibility index (Phi) is 4.20. The van der Waals surface area contributed by atoms with Crippen molar-refractivity contribution >= 4 is 11.8 Å². The van der Waals surface area contributed by atoms with Crippen LogP contribution in [-0.4, -0.2) is 61.5 Å². The van der Waals surface area contributed by atoms with Gasteiger partial charge in [0.15, 0.2) is 0 Å². The smallest absolute Gasteiger partial charge is 0.257 e. The van der Waals surface area contributed by atoms with Crippen LogP contribution in [0.15, 0.2) is 23.0 Å². The number of ether oxygens (including phenoxy) is 1. The van der Waals surface area contributed by atoms with Crippen molar-refractivity contribution in [1.82, 2.24) is 9.80 Å². The molecular weight excluding hydrogens is 284 g/mol. The molecule has 22 heavy (non-hydrogen) atoms. The highest BCUT2D eigenvalue weighted by atomic mass is 16.5. The molecule has 0 bridgehead atoms. The van der Waals surface area contributed by atoms with E-state index in [0.29, 0.717) is 38.2 Å². The lowest BCUT2D eigenvalue weighted by atomic mass is 9.77. The summed E-state index contributed by atoms with van der Waals surface area (Å²) in [6.45, 7) is 3.44. The van der Waals surface area contributed by atoms with Gasteiger partial charge in [0.2, 0.25) is 5.91 Å². The molecule has 0 saturated carbocycles. The van der Waals surface area contributed by atoms with Crippen LogP contribution in [0.25, 0.3) is 0 Å². The van der Waals surface area contributed by atoms with Gasteiger partial charge in [-0.05, 0) is 18.9 Å². The van der Waals surface area contributed by atoms with Crippen LogP contribution in [0.1, 0.15) is 29.6 Å². The summed E-state index contributed by atoms with van der Waals surface area (Å²) >= 11 is 0. The van der Waals surface area contributed by atoms with E-state index in [-0.39, 0.29) is 17.2 Å². The Morgan fingerprint density at radius 3 is 2.82 bits per heavy atom. The summed E-state index contributed by atoms with van der Waals surface area (Å²) in [5, 5.41) is 0. The summed E-state index contributed by atoms with van der Waals surface area (Å²) in [6.07, 6.45) is 5.36. The van der Waals surface area contributed by atoms with E-state index in [2.05, 4.69) is 0 Å². The van der Waals surface area contributed by atoms with Crippen LogP contribution < -0.4 is 0 Å². The molecule has 2 fully saturated rings. The fourth-order valence-corrected chi connectivity index (χ4v) is 3.47. The molecule has 2 saturated heterocycles. The first-order valence-electron chi connectivity index (χ1n) is 7.72. The summed E-state index contributed by atoms with van der Waals surface area (Å²) in [7, 11) is 1.65. The van der Waals surface area contributed by atoms with Crippen molar-refractivity contribution in [3.05, 3.63) is 24.2 Å². The lowest BCUT2D eigenvalue weighted by molar-refractivity contribution is -0.128. The Hall–Kier alpha value is -1.82. The van der Waals surface area contributed by atoms with Crippen LogP contribution in [0.3, 0.4) is 0 Å². The molecule has 2 amide bonds. The number of methoxy groups -OCH3 is 1. The molecule has 1 spiro atoms. The number of piperidine rings is 1. The number of nitrogens with zero attached hydrogens (tertiary/aromatic N) is 2. The largest absolute Gasteiger partial charge is 0.472 e. The van der Waals surface area contributed by atoms with Crippen LogP contribution in [-0.2, 0) is 9.53 Å². The third-order valence-electron chi connectivity index (χ3n) is 4.85. The Morgan fingerprint density at radius 2 is 2.18 bits per heavy atom. The summed E-state index contributed by atoms with van der Waals surface area (Å²) in [5.74, 6) is 0.232. The number of carbonyl (C=O) groups is 2. The maximum atomic E-state index is 12.3. The average Bonchev–Trinajstić information content (AvgIpc) is 3.14. The van der Waals surface area contributed by atoms with Crippen molar-refractivity contribution in [2.45, 2.75) is 19.3 Å². The number of hydrogen-bond donors (Lipinski definition) is 0. The monoisotopic (exact) mass is 306 g/mol. The van der Waals surface area contributed by atoms with Crippen molar-refractivity contribution in [2.24, 2.45) is 5.41 Å². The molecule has 3 heterocycles. The van der Waals surface area contributed by atoms with E-state index in [0.717, 1.165) is 19.4 Å². The first-order valence-corrected chi connectivity index (χ1v) is 7.72. The van der Waals surface area contributed by atoms with E-state index in [1.165, 1.54) is 12.5 Å². The minimum Gasteiger partial charge on any atom is -0.472 e. The van der Waals surface area contributed by atoms with Crippen molar-refractivity contribution in [3.63, 3.8) is 0 Å². The van der Waals surface area contributed by atoms with Gasteiger partial charge in [-0.3, -0.25) is 9.59 Å². The highest BCUT2D eigenvalue weighted by molar-refractivity contribution is 5.93. The first-order chi connectivity index (χ1) is 10.6. The molecule has 6 nitrogen and oxygen atoms in total. The second kappa shape index (κ2) is 6.12. The molecule has 0 atom stereocenters. The number of carbonyl (C=O) groups excluding carboxylic acids is 2. The maximum absolute atomic E-state index is 12.3. The highest BCUT2D eigenvalue weighted by Gasteiger charge is 2.45. The Bertz CT molecular complexity index is 532. The number of rotatable bonds is 4. The van der Waals surface area contributed by atoms with E-state index >= 15 is 0 Å². The summed E-state index contributed by atoms with van der Waals surface area (Å²) < 4.78 is 10.0. The molecule has 6 heteroatoms. The average molecular weight is 306 g/mol. The SMILES string of the molecule is COCCN1CC2(CCN(C(=O)c3ccoc3)CC2)CC1=O. The topological polar surface area (TPSA) is 63.0 Å². The molecule has 0 N–H and O–H groups in total. The first kappa shape index (κ1) is 15.1. The minimum absolute atomic E-state index is 0.0177. The van der Waals surface area contributed by atoms with Gasteiger partial charge in [-0.1, -0.05) is 0 Å². The molecule has 0 aliphatic carbocycles. The molecule has 0 unspecified atom stereocenters. The second-order valence-corrected chi connectivity index (χ2v) is 6.29. The Morgan fingerprint density at radius 1 is 1.41 bits per heavy atom. The summed E-state index contributed by atoms with van der Waals surface area (Å²) in [5.41, 5.74) is 0.637. The number of amides is 2. The van der Waals surface area contributed by atoms with E-state index in [1.54, 1.807) is 13.2 Å². The van der Waals surface area contributed by atoms with E-state index in [1.807, 2.05) is 9.80 Å². The van der Waals surface area contributed by atoms with Crippen LogP contribution in [0.4, 0.5) is 0 Å². The summed E-state index contributed by atoms with van der Waals surface area (Å²) in [4.78, 5) is 28.2. The fraction of sp³-hybridized carbons (Fsp3) is 0.625. The molecule has 1 aromatic heterocycles. The molecule has 2 aliphatic rings. The minimum atomic E-state index is 0.0177. The van der Waals surface area contributed by atoms with Crippen LogP contribution in [0, 0.1) is 5.41 Å². The lowest BCUT2D eigenvalue weighted by Gasteiger charge is -2.38. The zero-order chi connectivity index (χ0) is 15.6. The zero-order valence-corrected chi connectivity index (χ0v) is 12.9. The van der Waals surface area contributed by atoms with Gasteiger partial charge < -0.3 is 19.0 Å². The lowest BCUT2D eigenvalue weighted by Crippen LogP contribution is -2.44. The van der Waals surface area contributed by atoms with Gasteiger partial charge in [0.1, 0.15) is 6.26 Å². The van der Waals surface area contributed by atoms with Gasteiger partial charge >= 0.3 is 0 Å². The third-order valence-corrected chi connectivity index (χ3v) is 4.85. The van der Waals surface area contributed by atoms with Crippen molar-refractivity contribution in [2.75, 3.05) is 39.9 Å². The van der Waals surface area contributed by atoms with Crippen molar-refractivity contribution < 1.29 is 18.7 Å². The maximum Gasteiger partial charge on any atom is 0.257 e. The number of hydrogen-bond acceptors (Lipinski definition) is 4. The van der Waals surface area contributed by atoms with Gasteiger partial charge in [-0.2, -0.15) is 0 Å². The molecule has 0 aromatic carbocycles. The normalized spacial score (nSPS) is 20.9. The number of furan rings is 1. The predicted molar refractivity (Wildman–Crippen MR) is 79.4 cm³/mol. The highest BCUT2D eigenvalue weighted by Crippen LogP contribution is 2.41. The Labute approximate surface area is 130 Å². The number of likely N-dealkylation sites (tertiary alicyclic amines) is 2. The molecule has 2 aliphatic heterocycles. The van der Waals surface area contributed by atoms with Gasteiger partial charge in [-0.15, -0.1) is 0 Å². The van der Waals surface area contributed by atoms with Crippen LogP contribution in [0.5, 0.6) is 0 Å². The van der Waals surface area contributed by atoms with E-state index in [9.17, 15) is 9.59 Å². The van der Waals surface area contributed by atoms with Crippen molar-refractivity contribution in [1.29, 1.82) is 0 Å². The van der Waals surface area contributed by atoms with E-state index in [4.69, 9.17) is 9.15 Å². The van der Waals surface area contributed by atoms with E-state index < -0.39 is 0 Å². The predicted octanol–water partition coefficient (Wildman–Crippen LogP) is 1.38. The second-order valence-electron chi connectivity index (χ2n) is 6.29. The Balaban J connectivity index is 1.57. The standard InChI is InChI=1S/C16H22N2O4/c1-21-9-7-18-12-16(10-14(18)19)3-5-17(6-4-16)15(20)13-2-8-22-11-13/h2,8,11H,3-7,9-10,12H2,1H3. The van der Waals surface area contributed by atoms with Gasteiger partial charge in [0.25, 0.3) is 5.91 Å². The van der Waals surface area contributed by atoms with Crippen LogP contribution in [0.2, 0.25) is 0 Å². The molecular formula is C16H22N2O4. The fourth-order valence-electron chi connectivity index (χ4n) is 3.47. The summed E-state index contributed by atoms with van der Waals surface area (Å²) in [6, 6.07) is 1.69.